The summed E-state index contributed by atoms with van der Waals surface area (Å²) in [7, 11) is 0. The molecule has 0 fully saturated rings. The summed E-state index contributed by atoms with van der Waals surface area (Å²) in [6.07, 6.45) is 1.11. The number of hydrogen-bond acceptors (Lipinski definition) is 2. The highest BCUT2D eigenvalue weighted by Crippen LogP contribution is 2.32. The lowest BCUT2D eigenvalue weighted by Crippen LogP contribution is -2.36. The lowest BCUT2D eigenvalue weighted by Gasteiger charge is -2.31. The molecule has 1 unspecified atom stereocenters. The SMILES string of the molecule is CC(C)NCC(Cc1ccc(Cl)s1)C(C)(C)C. The molecule has 0 amide bonds. The van der Waals surface area contributed by atoms with Crippen molar-refractivity contribution in [3.8, 4) is 0 Å². The van der Waals surface area contributed by atoms with Gasteiger partial charge in [0, 0.05) is 10.9 Å². The summed E-state index contributed by atoms with van der Waals surface area (Å²) >= 11 is 7.69. The van der Waals surface area contributed by atoms with Gasteiger partial charge in [-0.2, -0.15) is 0 Å². The third kappa shape index (κ3) is 5.41. The van der Waals surface area contributed by atoms with Gasteiger partial charge >= 0.3 is 0 Å². The Morgan fingerprint density at radius 1 is 1.29 bits per heavy atom. The van der Waals surface area contributed by atoms with Gasteiger partial charge in [-0.3, -0.25) is 0 Å². The van der Waals surface area contributed by atoms with Crippen LogP contribution in [-0.2, 0) is 6.42 Å². The maximum absolute atomic E-state index is 5.99. The zero-order chi connectivity index (χ0) is 13.1. The van der Waals surface area contributed by atoms with E-state index in [4.69, 9.17) is 11.6 Å². The third-order valence-corrected chi connectivity index (χ3v) is 4.33. The average Bonchev–Trinajstić information content (AvgIpc) is 2.56. The maximum atomic E-state index is 5.99. The predicted molar refractivity (Wildman–Crippen MR) is 79.1 cm³/mol. The second kappa shape index (κ2) is 6.21. The van der Waals surface area contributed by atoms with Crippen LogP contribution in [0.5, 0.6) is 0 Å². The molecule has 0 aliphatic rings. The fraction of sp³-hybridized carbons (Fsp3) is 0.714. The predicted octanol–water partition coefficient (Wildman–Crippen LogP) is 4.60. The number of rotatable bonds is 5. The van der Waals surface area contributed by atoms with Crippen molar-refractivity contribution in [2.24, 2.45) is 11.3 Å². The molecule has 17 heavy (non-hydrogen) atoms. The first kappa shape index (κ1) is 15.0. The zero-order valence-corrected chi connectivity index (χ0v) is 13.1. The molecule has 1 rings (SSSR count). The average molecular weight is 274 g/mol. The Balaban J connectivity index is 2.64. The topological polar surface area (TPSA) is 12.0 Å². The van der Waals surface area contributed by atoms with E-state index in [1.54, 1.807) is 11.3 Å². The van der Waals surface area contributed by atoms with Gasteiger partial charge in [0.1, 0.15) is 0 Å². The van der Waals surface area contributed by atoms with Crippen LogP contribution >= 0.6 is 22.9 Å². The summed E-state index contributed by atoms with van der Waals surface area (Å²) in [5, 5.41) is 3.55. The minimum absolute atomic E-state index is 0.318. The van der Waals surface area contributed by atoms with E-state index in [0.717, 1.165) is 17.3 Å². The molecule has 1 aromatic heterocycles. The van der Waals surface area contributed by atoms with Gasteiger partial charge in [0.2, 0.25) is 0 Å². The number of nitrogens with one attached hydrogen (secondary N) is 1. The van der Waals surface area contributed by atoms with E-state index in [1.165, 1.54) is 4.88 Å². The van der Waals surface area contributed by atoms with Crippen molar-refractivity contribution >= 4 is 22.9 Å². The summed E-state index contributed by atoms with van der Waals surface area (Å²) in [5.74, 6) is 0.639. The fourth-order valence-corrected chi connectivity index (χ4v) is 2.93. The first-order valence-corrected chi connectivity index (χ1v) is 7.46. The van der Waals surface area contributed by atoms with Crippen molar-refractivity contribution < 1.29 is 0 Å². The van der Waals surface area contributed by atoms with E-state index in [9.17, 15) is 0 Å². The molecule has 1 nitrogen and oxygen atoms in total. The van der Waals surface area contributed by atoms with Crippen molar-refractivity contribution in [2.75, 3.05) is 6.54 Å². The Bertz CT molecular complexity index is 338. The third-order valence-electron chi connectivity index (χ3n) is 3.07. The summed E-state index contributed by atoms with van der Waals surface area (Å²) in [4.78, 5) is 1.39. The van der Waals surface area contributed by atoms with Crippen LogP contribution < -0.4 is 5.32 Å². The minimum Gasteiger partial charge on any atom is -0.314 e. The first-order chi connectivity index (χ1) is 7.79. The van der Waals surface area contributed by atoms with Crippen molar-refractivity contribution in [3.05, 3.63) is 21.3 Å². The molecule has 0 aliphatic carbocycles. The molecular weight excluding hydrogens is 250 g/mol. The van der Waals surface area contributed by atoms with Crippen LogP contribution in [0.1, 0.15) is 39.5 Å². The van der Waals surface area contributed by atoms with Crippen LogP contribution in [0.3, 0.4) is 0 Å². The van der Waals surface area contributed by atoms with Crippen LogP contribution in [0.4, 0.5) is 0 Å². The smallest absolute Gasteiger partial charge is 0.0931 e. The van der Waals surface area contributed by atoms with E-state index in [2.05, 4.69) is 46.0 Å². The van der Waals surface area contributed by atoms with E-state index >= 15 is 0 Å². The molecule has 1 heterocycles. The monoisotopic (exact) mass is 273 g/mol. The molecule has 0 bridgehead atoms. The second-order valence-electron chi connectivity index (χ2n) is 6.04. The highest BCUT2D eigenvalue weighted by Gasteiger charge is 2.25. The first-order valence-electron chi connectivity index (χ1n) is 6.26. The lowest BCUT2D eigenvalue weighted by atomic mass is 9.78. The van der Waals surface area contributed by atoms with Crippen molar-refractivity contribution in [2.45, 2.75) is 47.1 Å². The van der Waals surface area contributed by atoms with Gasteiger partial charge < -0.3 is 5.32 Å². The van der Waals surface area contributed by atoms with Gasteiger partial charge in [-0.1, -0.05) is 46.2 Å². The zero-order valence-electron chi connectivity index (χ0n) is 11.5. The minimum atomic E-state index is 0.318. The largest absolute Gasteiger partial charge is 0.314 e. The molecule has 0 aromatic carbocycles. The molecule has 1 aromatic rings. The van der Waals surface area contributed by atoms with Crippen LogP contribution in [-0.4, -0.2) is 12.6 Å². The van der Waals surface area contributed by atoms with Gasteiger partial charge in [-0.15, -0.1) is 11.3 Å². The van der Waals surface area contributed by atoms with Gasteiger partial charge in [0.25, 0.3) is 0 Å². The summed E-state index contributed by atoms with van der Waals surface area (Å²) in [6.45, 7) is 12.4. The molecule has 0 saturated heterocycles. The summed E-state index contributed by atoms with van der Waals surface area (Å²) in [6, 6.07) is 4.70. The van der Waals surface area contributed by atoms with Gasteiger partial charge in [-0.05, 0) is 36.4 Å². The molecule has 1 N–H and O–H groups in total. The summed E-state index contributed by atoms with van der Waals surface area (Å²) in [5.41, 5.74) is 0.318. The Hall–Kier alpha value is -0.0500. The number of hydrogen-bond donors (Lipinski definition) is 1. The normalized spacial score (nSPS) is 14.3. The Morgan fingerprint density at radius 2 is 1.94 bits per heavy atom. The van der Waals surface area contributed by atoms with Crippen molar-refractivity contribution in [3.63, 3.8) is 0 Å². The Labute approximate surface area is 115 Å². The Morgan fingerprint density at radius 3 is 2.35 bits per heavy atom. The van der Waals surface area contributed by atoms with Gasteiger partial charge in [-0.25, -0.2) is 0 Å². The van der Waals surface area contributed by atoms with E-state index < -0.39 is 0 Å². The molecular formula is C14H24ClNS. The molecule has 0 saturated carbocycles. The second-order valence-corrected chi connectivity index (χ2v) is 7.84. The quantitative estimate of drug-likeness (QED) is 0.826. The highest BCUT2D eigenvalue weighted by atomic mass is 35.5. The van der Waals surface area contributed by atoms with Crippen molar-refractivity contribution in [1.29, 1.82) is 0 Å². The van der Waals surface area contributed by atoms with Crippen LogP contribution in [0, 0.1) is 11.3 Å². The fourth-order valence-electron chi connectivity index (χ4n) is 1.77. The van der Waals surface area contributed by atoms with Crippen molar-refractivity contribution in [1.82, 2.24) is 5.32 Å². The molecule has 1 atom stereocenters. The standard InChI is InChI=1S/C14H24ClNS/c1-10(2)16-9-11(14(3,4)5)8-12-6-7-13(15)17-12/h6-7,10-11,16H,8-9H2,1-5H3. The van der Waals surface area contributed by atoms with Crippen LogP contribution in [0.15, 0.2) is 12.1 Å². The van der Waals surface area contributed by atoms with E-state index in [1.807, 2.05) is 6.07 Å². The number of thiophene rings is 1. The molecule has 0 spiro atoms. The van der Waals surface area contributed by atoms with Gasteiger partial charge in [0.15, 0.2) is 0 Å². The van der Waals surface area contributed by atoms with Gasteiger partial charge in [0.05, 0.1) is 4.34 Å². The summed E-state index contributed by atoms with van der Waals surface area (Å²) < 4.78 is 0.893. The van der Waals surface area contributed by atoms with E-state index in [0.29, 0.717) is 17.4 Å². The van der Waals surface area contributed by atoms with Crippen LogP contribution in [0.25, 0.3) is 0 Å². The molecule has 98 valence electrons. The Kier molecular flexibility index (Phi) is 5.49. The molecule has 0 aliphatic heterocycles. The molecule has 3 heteroatoms. The maximum Gasteiger partial charge on any atom is 0.0931 e. The lowest BCUT2D eigenvalue weighted by molar-refractivity contribution is 0.227. The highest BCUT2D eigenvalue weighted by molar-refractivity contribution is 7.16. The van der Waals surface area contributed by atoms with Crippen LogP contribution in [0.2, 0.25) is 4.34 Å². The number of halogens is 1. The van der Waals surface area contributed by atoms with E-state index in [-0.39, 0.29) is 0 Å². The molecule has 0 radical (unpaired) electrons.